The van der Waals surface area contributed by atoms with Crippen molar-refractivity contribution in [1.82, 2.24) is 0 Å². The molecule has 4 nitrogen and oxygen atoms in total. The maximum atomic E-state index is 2.48. The zero-order valence-electron chi connectivity index (χ0n) is 70.5. The Morgan fingerprint density at radius 3 is 0.866 bits per heavy atom. The Morgan fingerprint density at radius 1 is 0.165 bits per heavy atom. The van der Waals surface area contributed by atoms with Gasteiger partial charge in [0, 0.05) is 50.9 Å². The first kappa shape index (κ1) is 74.7. The summed E-state index contributed by atoms with van der Waals surface area (Å²) in [4.78, 5) is 9.72. The third kappa shape index (κ3) is 11.9. The van der Waals surface area contributed by atoms with Crippen LogP contribution >= 0.6 is 0 Å². The van der Waals surface area contributed by atoms with Crippen molar-refractivity contribution in [3.05, 3.63) is 541 Å². The maximum Gasteiger partial charge on any atom is 0.0755 e. The Morgan fingerprint density at radius 2 is 0.433 bits per heavy atom. The van der Waals surface area contributed by atoms with Gasteiger partial charge in [-0.2, -0.15) is 0 Å². The van der Waals surface area contributed by atoms with Crippen molar-refractivity contribution >= 4 is 79.0 Å². The minimum atomic E-state index is -0.552. The topological polar surface area (TPSA) is 13.0 Å². The molecular formula is C123H86N4. The van der Waals surface area contributed by atoms with Crippen LogP contribution in [0.25, 0.3) is 88.7 Å². The van der Waals surface area contributed by atoms with E-state index in [-0.39, 0.29) is 5.41 Å². The van der Waals surface area contributed by atoms with Crippen LogP contribution in [0.2, 0.25) is 0 Å². The summed E-state index contributed by atoms with van der Waals surface area (Å²) in [5, 5.41) is 2.50. The smallest absolute Gasteiger partial charge is 0.0755 e. The quantitative estimate of drug-likeness (QED) is 0.121. The maximum absolute atomic E-state index is 2.48. The van der Waals surface area contributed by atoms with Crippen LogP contribution in [0, 0.1) is 0 Å². The molecule has 0 radical (unpaired) electrons. The van der Waals surface area contributed by atoms with Gasteiger partial charge in [-0.15, -0.1) is 0 Å². The van der Waals surface area contributed by atoms with Crippen LogP contribution in [0.5, 0.6) is 0 Å². The van der Waals surface area contributed by atoms with Gasteiger partial charge in [-0.25, -0.2) is 0 Å². The van der Waals surface area contributed by atoms with E-state index in [2.05, 4.69) is 519 Å². The van der Waals surface area contributed by atoms with Gasteiger partial charge in [0.1, 0.15) is 0 Å². The summed E-state index contributed by atoms with van der Waals surface area (Å²) in [5.41, 5.74) is 43.2. The zero-order valence-corrected chi connectivity index (χ0v) is 70.5. The van der Waals surface area contributed by atoms with Crippen LogP contribution in [0.4, 0.5) is 68.2 Å². The predicted molar refractivity (Wildman–Crippen MR) is 530 cm³/mol. The van der Waals surface area contributed by atoms with Gasteiger partial charge in [-0.1, -0.05) is 366 Å². The first-order chi connectivity index (χ1) is 62.7. The van der Waals surface area contributed by atoms with Gasteiger partial charge >= 0.3 is 0 Å². The minimum absolute atomic E-state index is 0.0271. The first-order valence-corrected chi connectivity index (χ1v) is 44.2. The van der Waals surface area contributed by atoms with Gasteiger partial charge in [0.05, 0.1) is 33.6 Å². The Balaban J connectivity index is 0.000000142. The summed E-state index contributed by atoms with van der Waals surface area (Å²) in [5.74, 6) is 0. The van der Waals surface area contributed by atoms with Crippen molar-refractivity contribution in [1.29, 1.82) is 0 Å². The number of benzene rings is 20. The van der Waals surface area contributed by atoms with Crippen LogP contribution in [0.15, 0.2) is 485 Å². The summed E-state index contributed by atoms with van der Waals surface area (Å²) < 4.78 is 0. The molecule has 0 saturated carbocycles. The van der Waals surface area contributed by atoms with Gasteiger partial charge in [0.25, 0.3) is 0 Å². The highest BCUT2D eigenvalue weighted by atomic mass is 15.2. The molecule has 0 fully saturated rings. The van der Waals surface area contributed by atoms with Crippen LogP contribution in [0.1, 0.15) is 69.5 Å². The van der Waals surface area contributed by atoms with Gasteiger partial charge in [-0.05, 0) is 278 Å². The number of hydrogen-bond acceptors (Lipinski definition) is 4. The fourth-order valence-corrected chi connectivity index (χ4v) is 21.8. The van der Waals surface area contributed by atoms with Crippen molar-refractivity contribution in [2.75, 3.05) is 19.6 Å². The average molecular weight is 1620 g/mol. The number of fused-ring (bicyclic) bond motifs is 22. The molecule has 0 atom stereocenters. The lowest BCUT2D eigenvalue weighted by Gasteiger charge is -2.45. The summed E-state index contributed by atoms with van der Waals surface area (Å²) in [6, 6.07) is 179. The molecule has 0 aromatic heterocycles. The highest BCUT2D eigenvalue weighted by Gasteiger charge is 2.54. The van der Waals surface area contributed by atoms with Crippen molar-refractivity contribution in [2.45, 2.75) is 30.1 Å². The highest BCUT2D eigenvalue weighted by Crippen LogP contribution is 2.67. The SMILES string of the molecule is CC1(C)c2ccccc2-c2ccc(-c3ccc(-c4ccc(N(c5ccccc5)c5ccc6c(c5)C5(c7ccccc7-6)c6ccccc6N(c6ccccc6)c6ccccc65)cc4)cc3)cc21.c1ccc(-c2ccc(N(c3ccc(-c4ccc5ccccc5c4)cc3)c3ccc4c(c3)C3(c5ccccc5-4)c4ccccc4N(c4ccccc4)c4ccccc43)cc2)cc1. The first-order valence-electron chi connectivity index (χ1n) is 44.2. The molecule has 2 aliphatic heterocycles. The molecule has 598 valence electrons. The normalized spacial score (nSPS) is 13.6. The molecule has 0 amide bonds. The summed E-state index contributed by atoms with van der Waals surface area (Å²) in [7, 11) is 0. The molecule has 0 unspecified atom stereocenters. The van der Waals surface area contributed by atoms with Crippen LogP contribution in [-0.4, -0.2) is 0 Å². The molecule has 2 spiro atoms. The Labute approximate surface area is 742 Å². The van der Waals surface area contributed by atoms with Crippen molar-refractivity contribution in [3.8, 4) is 77.9 Å². The third-order valence-corrected chi connectivity index (χ3v) is 27.5. The molecule has 5 aliphatic rings. The number of anilines is 12. The third-order valence-electron chi connectivity index (χ3n) is 27.5. The lowest BCUT2D eigenvalue weighted by Crippen LogP contribution is -2.36. The second-order valence-corrected chi connectivity index (χ2v) is 34.5. The van der Waals surface area contributed by atoms with Crippen LogP contribution < -0.4 is 19.6 Å². The van der Waals surface area contributed by atoms with E-state index in [1.807, 2.05) is 0 Å². The lowest BCUT2D eigenvalue weighted by molar-refractivity contribution is 0.660. The molecule has 3 aliphatic carbocycles. The summed E-state index contributed by atoms with van der Waals surface area (Å²) in [6.07, 6.45) is 0. The van der Waals surface area contributed by atoms with Gasteiger partial charge in [0.15, 0.2) is 0 Å². The average Bonchev–Trinajstić information content (AvgIpc) is 1.64. The fraction of sp³-hybridized carbons (Fsp3) is 0.0407. The Hall–Kier alpha value is -16.1. The summed E-state index contributed by atoms with van der Waals surface area (Å²) in [6.45, 7) is 4.70. The van der Waals surface area contributed by atoms with Crippen molar-refractivity contribution < 1.29 is 0 Å². The molecule has 0 bridgehead atoms. The Kier molecular flexibility index (Phi) is 17.7. The van der Waals surface area contributed by atoms with E-state index in [9.17, 15) is 0 Å². The van der Waals surface area contributed by atoms with E-state index in [0.717, 1.165) is 45.5 Å². The number of hydrogen-bond donors (Lipinski definition) is 0. The molecule has 0 saturated heterocycles. The molecule has 20 aromatic carbocycles. The van der Waals surface area contributed by atoms with E-state index >= 15 is 0 Å². The Bertz CT molecular complexity index is 7550. The molecule has 4 heteroatoms. The van der Waals surface area contributed by atoms with E-state index in [4.69, 9.17) is 0 Å². The lowest BCUT2D eigenvalue weighted by atomic mass is 9.64. The van der Waals surface area contributed by atoms with Gasteiger partial charge in [0.2, 0.25) is 0 Å². The minimum Gasteiger partial charge on any atom is -0.310 e. The van der Waals surface area contributed by atoms with Gasteiger partial charge < -0.3 is 19.6 Å². The zero-order chi connectivity index (χ0) is 84.3. The molecule has 25 rings (SSSR count). The van der Waals surface area contributed by atoms with Gasteiger partial charge in [-0.3, -0.25) is 0 Å². The van der Waals surface area contributed by atoms with E-state index in [0.29, 0.717) is 0 Å². The van der Waals surface area contributed by atoms with Crippen LogP contribution in [0.3, 0.4) is 0 Å². The number of para-hydroxylation sites is 7. The second-order valence-electron chi connectivity index (χ2n) is 34.5. The molecule has 20 aromatic rings. The predicted octanol–water partition coefficient (Wildman–Crippen LogP) is 32.7. The van der Waals surface area contributed by atoms with E-state index in [1.54, 1.807) is 0 Å². The van der Waals surface area contributed by atoms with Crippen molar-refractivity contribution in [3.63, 3.8) is 0 Å². The van der Waals surface area contributed by atoms with E-state index < -0.39 is 10.8 Å². The molecule has 0 N–H and O–H groups in total. The molecular weight excluding hydrogens is 1530 g/mol. The van der Waals surface area contributed by atoms with Crippen molar-refractivity contribution in [2.24, 2.45) is 0 Å². The highest BCUT2D eigenvalue weighted by molar-refractivity contribution is 6.01. The van der Waals surface area contributed by atoms with Crippen LogP contribution in [-0.2, 0) is 16.2 Å². The monoisotopic (exact) mass is 1620 g/mol. The standard InChI is InChI=1S/C64H46N2.C59H40N2/c1-63(2)55-23-11-9-21-51(55)53-39-35-46(41-59(53)63)45-31-29-43(30-32-45)44-33-36-49(37-34-44)65(47-17-5-3-6-18-47)50-38-40-54-52-22-10-12-24-56(52)64(60(54)42-50)57-25-13-15-27-61(57)66(48-19-7-4-8-20-48)62-28-16-14-26-58(62)64;1-3-15-41(16-4-1)43-29-33-48(34-30-43)60(49-35-31-44(32-36-49)46-28-27-42-17-7-8-18-45(42)39-46)50-37-38-52-51-21-9-10-22-53(51)59(56(52)40-50)54-23-11-13-25-57(54)61(47-19-5-2-6-20-47)58-26-14-12-24-55(58)59/h3-42H,1-2H3;1-40H. The second kappa shape index (κ2) is 30.1. The summed E-state index contributed by atoms with van der Waals surface area (Å²) >= 11 is 0. The molecule has 127 heavy (non-hydrogen) atoms. The number of nitrogens with zero attached hydrogens (tertiary/aromatic N) is 4. The largest absolute Gasteiger partial charge is 0.310 e. The van der Waals surface area contributed by atoms with E-state index in [1.165, 1.54) is 167 Å². The number of rotatable bonds is 12. The fourth-order valence-electron chi connectivity index (χ4n) is 21.8. The molecule has 2 heterocycles.